The van der Waals surface area contributed by atoms with Crippen LogP contribution in [-0.4, -0.2) is 38.9 Å². The molecule has 0 aliphatic carbocycles. The van der Waals surface area contributed by atoms with Gasteiger partial charge in [-0.3, -0.25) is 14.6 Å². The zero-order valence-corrected chi connectivity index (χ0v) is 21.5. The van der Waals surface area contributed by atoms with Crippen LogP contribution in [0.15, 0.2) is 109 Å². The van der Waals surface area contributed by atoms with Gasteiger partial charge < -0.3 is 10.4 Å². The fourth-order valence-corrected chi connectivity index (χ4v) is 4.98. The van der Waals surface area contributed by atoms with Crippen LogP contribution in [0.2, 0.25) is 0 Å². The van der Waals surface area contributed by atoms with Gasteiger partial charge in [-0.1, -0.05) is 103 Å². The van der Waals surface area contributed by atoms with Gasteiger partial charge in [-0.15, -0.1) is 0 Å². The smallest absolute Gasteiger partial charge is 0.326 e. The summed E-state index contributed by atoms with van der Waals surface area (Å²) in [5.41, 5.74) is 4.24. The number of carbonyl (C=O) groups is 3. The van der Waals surface area contributed by atoms with Crippen molar-refractivity contribution < 1.29 is 19.5 Å². The largest absolute Gasteiger partial charge is 0.480 e. The predicted octanol–water partition coefficient (Wildman–Crippen LogP) is 5.29. The molecule has 0 bridgehead atoms. The molecule has 4 rings (SSSR count). The third-order valence-corrected chi connectivity index (χ3v) is 7.19. The summed E-state index contributed by atoms with van der Waals surface area (Å²) in [6, 6.07) is 28.7. The van der Waals surface area contributed by atoms with Crippen LogP contribution in [0.25, 0.3) is 11.1 Å². The van der Waals surface area contributed by atoms with Crippen LogP contribution in [0.4, 0.5) is 0 Å². The molecule has 6 nitrogen and oxygen atoms in total. The average Bonchev–Trinajstić information content (AvgIpc) is 2.96. The van der Waals surface area contributed by atoms with Crippen molar-refractivity contribution in [3.63, 3.8) is 0 Å². The van der Waals surface area contributed by atoms with E-state index in [0.29, 0.717) is 12.0 Å². The maximum absolute atomic E-state index is 13.3. The van der Waals surface area contributed by atoms with E-state index in [9.17, 15) is 19.5 Å². The lowest BCUT2D eigenvalue weighted by Gasteiger charge is -2.20. The number of amides is 1. The van der Waals surface area contributed by atoms with Gasteiger partial charge in [0.15, 0.2) is 0 Å². The maximum atomic E-state index is 13.3. The van der Waals surface area contributed by atoms with Crippen LogP contribution in [0.1, 0.15) is 21.5 Å². The summed E-state index contributed by atoms with van der Waals surface area (Å²) in [6.07, 6.45) is 4.01. The average molecular weight is 525 g/mol. The lowest BCUT2D eigenvalue weighted by molar-refractivity contribution is -0.142. The molecule has 7 heteroatoms. The van der Waals surface area contributed by atoms with Crippen molar-refractivity contribution in [3.05, 3.63) is 126 Å². The van der Waals surface area contributed by atoms with Crippen molar-refractivity contribution in [1.82, 2.24) is 10.3 Å². The number of rotatable bonds is 11. The van der Waals surface area contributed by atoms with Gasteiger partial charge in [0.1, 0.15) is 6.04 Å². The summed E-state index contributed by atoms with van der Waals surface area (Å²) >= 11 is 1.07. The first-order valence-corrected chi connectivity index (χ1v) is 13.3. The Morgan fingerprint density at radius 3 is 2.05 bits per heavy atom. The lowest BCUT2D eigenvalue weighted by atomic mass is 9.98. The second-order valence-corrected chi connectivity index (χ2v) is 9.89. The summed E-state index contributed by atoms with van der Waals surface area (Å²) in [4.78, 5) is 42.2. The number of hydrogen-bond acceptors (Lipinski definition) is 5. The Labute approximate surface area is 226 Å². The van der Waals surface area contributed by atoms with E-state index in [1.807, 2.05) is 72.8 Å². The Morgan fingerprint density at radius 1 is 0.763 bits per heavy atom. The fraction of sp³-hybridized carbons (Fsp3) is 0.161. The van der Waals surface area contributed by atoms with Gasteiger partial charge in [0.25, 0.3) is 0 Å². The lowest BCUT2D eigenvalue weighted by Crippen LogP contribution is -2.46. The normalized spacial score (nSPS) is 12.3. The monoisotopic (exact) mass is 524 g/mol. The molecule has 0 aliphatic heterocycles. The van der Waals surface area contributed by atoms with Gasteiger partial charge in [0.2, 0.25) is 11.0 Å². The third-order valence-electron chi connectivity index (χ3n) is 6.12. The number of thioether (sulfide) groups is 1. The molecule has 0 unspecified atom stereocenters. The predicted molar refractivity (Wildman–Crippen MR) is 150 cm³/mol. The van der Waals surface area contributed by atoms with Gasteiger partial charge in [-0.25, -0.2) is 4.79 Å². The summed E-state index contributed by atoms with van der Waals surface area (Å²) in [6.45, 7) is 0. The number of carbonyl (C=O) groups excluding carboxylic acids is 2. The van der Waals surface area contributed by atoms with Crippen LogP contribution < -0.4 is 5.32 Å². The first kappa shape index (κ1) is 26.8. The summed E-state index contributed by atoms with van der Waals surface area (Å²) < 4.78 is 0. The van der Waals surface area contributed by atoms with Crippen LogP contribution in [-0.2, 0) is 22.4 Å². The molecule has 38 heavy (non-hydrogen) atoms. The minimum atomic E-state index is -1.11. The van der Waals surface area contributed by atoms with Crippen molar-refractivity contribution >= 4 is 28.8 Å². The molecule has 1 heterocycles. The van der Waals surface area contributed by atoms with E-state index in [4.69, 9.17) is 0 Å². The Bertz CT molecular complexity index is 1350. The second-order valence-electron chi connectivity index (χ2n) is 8.89. The molecule has 0 aliphatic rings. The highest BCUT2D eigenvalue weighted by atomic mass is 32.2. The molecule has 2 N–H and O–H groups in total. The van der Waals surface area contributed by atoms with E-state index in [0.717, 1.165) is 34.0 Å². The van der Waals surface area contributed by atoms with E-state index >= 15 is 0 Å². The molecule has 0 radical (unpaired) electrons. The Hall–Kier alpha value is -4.23. The van der Waals surface area contributed by atoms with Gasteiger partial charge in [-0.05, 0) is 34.7 Å². The Morgan fingerprint density at radius 2 is 1.42 bits per heavy atom. The van der Waals surface area contributed by atoms with Crippen LogP contribution in [0, 0.1) is 5.92 Å². The van der Waals surface area contributed by atoms with E-state index in [1.54, 1.807) is 36.7 Å². The summed E-state index contributed by atoms with van der Waals surface area (Å²) in [5, 5.41) is 12.5. The van der Waals surface area contributed by atoms with Crippen LogP contribution in [0.5, 0.6) is 0 Å². The topological polar surface area (TPSA) is 96.4 Å². The molecule has 1 amide bonds. The van der Waals surface area contributed by atoms with Crippen molar-refractivity contribution in [2.24, 2.45) is 5.92 Å². The summed E-state index contributed by atoms with van der Waals surface area (Å²) in [5.74, 6) is -1.84. The van der Waals surface area contributed by atoms with E-state index in [2.05, 4.69) is 10.3 Å². The second kappa shape index (κ2) is 13.4. The third kappa shape index (κ3) is 7.63. The highest BCUT2D eigenvalue weighted by molar-refractivity contribution is 8.14. The Kier molecular flexibility index (Phi) is 9.43. The number of carboxylic acid groups (broad SMARTS) is 1. The highest BCUT2D eigenvalue weighted by Crippen LogP contribution is 2.21. The van der Waals surface area contributed by atoms with Gasteiger partial charge >= 0.3 is 5.97 Å². The fourth-order valence-electron chi connectivity index (χ4n) is 4.05. The Balaban J connectivity index is 1.44. The zero-order chi connectivity index (χ0) is 26.7. The van der Waals surface area contributed by atoms with Crippen molar-refractivity contribution in [2.45, 2.75) is 18.9 Å². The number of benzene rings is 3. The van der Waals surface area contributed by atoms with Gasteiger partial charge in [-0.2, -0.15) is 0 Å². The van der Waals surface area contributed by atoms with Gasteiger partial charge in [0, 0.05) is 30.1 Å². The quantitative estimate of drug-likeness (QED) is 0.277. The molecule has 192 valence electrons. The van der Waals surface area contributed by atoms with E-state index in [1.165, 1.54) is 0 Å². The standard InChI is InChI=1S/C31H28N2O4S/c34-29(27(18-22-8-3-1-4-9-22)21-38-31(37)25-10-5-2-6-11-25)33-28(30(35)36)19-23-13-15-24(16-14-23)26-12-7-17-32-20-26/h1-17,20,27-28H,18-19,21H2,(H,33,34)(H,35,36)/t27-,28+/m1/s1. The molecule has 0 saturated heterocycles. The molecular weight excluding hydrogens is 496 g/mol. The molecule has 3 aromatic carbocycles. The number of aliphatic carboxylic acids is 1. The first-order chi connectivity index (χ1) is 18.5. The van der Waals surface area contributed by atoms with Gasteiger partial charge in [0.05, 0.1) is 5.92 Å². The SMILES string of the molecule is O=C(SC[C@@H](Cc1ccccc1)C(=O)N[C@@H](Cc1ccc(-c2cccnc2)cc1)C(=O)O)c1ccccc1. The number of pyridine rings is 1. The zero-order valence-electron chi connectivity index (χ0n) is 20.7. The van der Waals surface area contributed by atoms with Crippen LogP contribution in [0.3, 0.4) is 0 Å². The number of hydrogen-bond donors (Lipinski definition) is 2. The molecule has 1 aromatic heterocycles. The number of aromatic nitrogens is 1. The van der Waals surface area contributed by atoms with Crippen molar-refractivity contribution in [1.29, 1.82) is 0 Å². The molecule has 2 atom stereocenters. The number of nitrogens with zero attached hydrogens (tertiary/aromatic N) is 1. The molecule has 4 aromatic rings. The molecule has 0 fully saturated rings. The van der Waals surface area contributed by atoms with Crippen molar-refractivity contribution in [3.8, 4) is 11.1 Å². The van der Waals surface area contributed by atoms with Crippen LogP contribution >= 0.6 is 11.8 Å². The molecule has 0 spiro atoms. The number of carboxylic acids is 1. The molecular formula is C31H28N2O4S. The number of nitrogens with one attached hydrogen (secondary N) is 1. The summed E-state index contributed by atoms with van der Waals surface area (Å²) in [7, 11) is 0. The molecule has 0 saturated carbocycles. The van der Waals surface area contributed by atoms with E-state index in [-0.39, 0.29) is 23.2 Å². The maximum Gasteiger partial charge on any atom is 0.326 e. The minimum Gasteiger partial charge on any atom is -0.480 e. The van der Waals surface area contributed by atoms with Crippen molar-refractivity contribution in [2.75, 3.05) is 5.75 Å². The van der Waals surface area contributed by atoms with E-state index < -0.39 is 17.9 Å². The highest BCUT2D eigenvalue weighted by Gasteiger charge is 2.27. The first-order valence-electron chi connectivity index (χ1n) is 12.3. The minimum absolute atomic E-state index is 0.125.